The molecule has 0 saturated carbocycles. The highest BCUT2D eigenvalue weighted by atomic mass is 19.4. The van der Waals surface area contributed by atoms with E-state index in [2.05, 4.69) is 5.73 Å². The summed E-state index contributed by atoms with van der Waals surface area (Å²) in [5, 5.41) is 0. The number of aryl methyl sites for hydroxylation is 1. The minimum absolute atomic E-state index is 0.130. The van der Waals surface area contributed by atoms with Crippen LogP contribution in [0.3, 0.4) is 0 Å². The SMILES string of the molecule is CN.Fc1cc2c(c(-c3c(C(F)(F)F)cccc3C(F)(F)F)c1)OCCC2. The van der Waals surface area contributed by atoms with E-state index in [0.717, 1.165) is 6.07 Å². The van der Waals surface area contributed by atoms with Gasteiger partial charge in [0.2, 0.25) is 0 Å². The molecule has 148 valence electrons. The van der Waals surface area contributed by atoms with Gasteiger partial charge in [-0.15, -0.1) is 0 Å². The smallest absolute Gasteiger partial charge is 0.417 e. The molecule has 3 rings (SSSR count). The number of rotatable bonds is 1. The second kappa shape index (κ2) is 7.75. The van der Waals surface area contributed by atoms with Crippen LogP contribution < -0.4 is 10.5 Å². The van der Waals surface area contributed by atoms with Crippen molar-refractivity contribution in [3.8, 4) is 16.9 Å². The highest BCUT2D eigenvalue weighted by molar-refractivity contribution is 5.79. The maximum absolute atomic E-state index is 13.9. The van der Waals surface area contributed by atoms with Gasteiger partial charge in [0, 0.05) is 11.1 Å². The minimum atomic E-state index is -5.04. The Bertz CT molecular complexity index is 780. The molecule has 0 radical (unpaired) electrons. The molecule has 0 atom stereocenters. The summed E-state index contributed by atoms with van der Waals surface area (Å²) in [6.45, 7) is 0.140. The van der Waals surface area contributed by atoms with Gasteiger partial charge in [-0.1, -0.05) is 6.07 Å². The number of ether oxygens (including phenoxy) is 1. The standard InChI is InChI=1S/C17H11F7O.CH5N/c18-10-7-9-3-2-6-25-15(9)11(8-10)14-12(16(19,20)21)4-1-5-13(14)17(22,23)24;1-2/h1,4-5,7-8H,2-3,6H2;2H2,1H3. The van der Waals surface area contributed by atoms with Gasteiger partial charge in [-0.2, -0.15) is 26.3 Å². The predicted molar refractivity (Wildman–Crippen MR) is 85.8 cm³/mol. The highest BCUT2D eigenvalue weighted by Gasteiger charge is 2.42. The Morgan fingerprint density at radius 2 is 1.48 bits per heavy atom. The van der Waals surface area contributed by atoms with Gasteiger partial charge in [-0.05, 0) is 49.7 Å². The lowest BCUT2D eigenvalue weighted by Crippen LogP contribution is -2.16. The normalized spacial score (nSPS) is 14.0. The van der Waals surface area contributed by atoms with E-state index in [0.29, 0.717) is 37.1 Å². The fraction of sp³-hybridized carbons (Fsp3) is 0.333. The van der Waals surface area contributed by atoms with E-state index in [9.17, 15) is 30.7 Å². The van der Waals surface area contributed by atoms with Crippen molar-refractivity contribution >= 4 is 0 Å². The zero-order valence-electron chi connectivity index (χ0n) is 14.1. The van der Waals surface area contributed by atoms with E-state index in [4.69, 9.17) is 4.74 Å². The Balaban J connectivity index is 0.00000126. The number of hydrogen-bond donors (Lipinski definition) is 1. The zero-order chi connectivity index (χ0) is 20.4. The van der Waals surface area contributed by atoms with E-state index in [-0.39, 0.29) is 17.9 Å². The van der Waals surface area contributed by atoms with Gasteiger partial charge >= 0.3 is 12.4 Å². The summed E-state index contributed by atoms with van der Waals surface area (Å²) in [6.07, 6.45) is -9.26. The molecule has 0 saturated heterocycles. The van der Waals surface area contributed by atoms with Crippen molar-refractivity contribution in [2.45, 2.75) is 25.2 Å². The molecule has 2 nitrogen and oxygen atoms in total. The van der Waals surface area contributed by atoms with Crippen LogP contribution in [-0.2, 0) is 18.8 Å². The molecule has 1 aliphatic heterocycles. The third kappa shape index (κ3) is 4.35. The van der Waals surface area contributed by atoms with Crippen LogP contribution in [0.25, 0.3) is 11.1 Å². The summed E-state index contributed by atoms with van der Waals surface area (Å²) >= 11 is 0. The molecule has 1 aliphatic rings. The third-order valence-corrected chi connectivity index (χ3v) is 3.91. The van der Waals surface area contributed by atoms with Crippen molar-refractivity contribution < 1.29 is 35.5 Å². The average Bonchev–Trinajstić information content (AvgIpc) is 2.60. The fourth-order valence-corrected chi connectivity index (χ4v) is 2.94. The number of halogens is 7. The summed E-state index contributed by atoms with van der Waals surface area (Å²) in [6, 6.07) is 3.50. The van der Waals surface area contributed by atoms with Crippen LogP contribution in [0.1, 0.15) is 23.1 Å². The first kappa shape index (κ1) is 21.0. The lowest BCUT2D eigenvalue weighted by Gasteiger charge is -2.24. The van der Waals surface area contributed by atoms with Crippen LogP contribution in [0.15, 0.2) is 30.3 Å². The van der Waals surface area contributed by atoms with Crippen molar-refractivity contribution in [1.29, 1.82) is 0 Å². The maximum Gasteiger partial charge on any atom is 0.417 e. The van der Waals surface area contributed by atoms with Gasteiger partial charge in [0.15, 0.2) is 0 Å². The van der Waals surface area contributed by atoms with Crippen molar-refractivity contribution in [1.82, 2.24) is 0 Å². The van der Waals surface area contributed by atoms with E-state index < -0.39 is 40.4 Å². The molecule has 0 aliphatic carbocycles. The molecule has 0 aromatic heterocycles. The summed E-state index contributed by atoms with van der Waals surface area (Å²) in [5.41, 5.74) is 0.148. The highest BCUT2D eigenvalue weighted by Crippen LogP contribution is 2.48. The fourth-order valence-electron chi connectivity index (χ4n) is 2.94. The number of alkyl halides is 6. The largest absolute Gasteiger partial charge is 0.493 e. The number of benzene rings is 2. The molecular weight excluding hydrogens is 379 g/mol. The van der Waals surface area contributed by atoms with Gasteiger partial charge in [0.25, 0.3) is 0 Å². The molecule has 0 amide bonds. The molecule has 1 heterocycles. The lowest BCUT2D eigenvalue weighted by molar-refractivity contribution is -0.142. The summed E-state index contributed by atoms with van der Waals surface area (Å²) in [5.74, 6) is -1.04. The maximum atomic E-state index is 13.9. The average molecular weight is 395 g/mol. The number of nitrogens with two attached hydrogens (primary N) is 1. The van der Waals surface area contributed by atoms with Gasteiger partial charge < -0.3 is 10.5 Å². The van der Waals surface area contributed by atoms with Gasteiger partial charge in [-0.3, -0.25) is 0 Å². The number of fused-ring (bicyclic) bond motifs is 1. The quantitative estimate of drug-likeness (QED) is 0.654. The molecule has 27 heavy (non-hydrogen) atoms. The molecule has 0 spiro atoms. The zero-order valence-corrected chi connectivity index (χ0v) is 14.1. The van der Waals surface area contributed by atoms with E-state index in [1.165, 1.54) is 7.05 Å². The molecule has 0 unspecified atom stereocenters. The van der Waals surface area contributed by atoms with Crippen LogP contribution in [0, 0.1) is 5.82 Å². The summed E-state index contributed by atoms with van der Waals surface area (Å²) in [4.78, 5) is 0. The summed E-state index contributed by atoms with van der Waals surface area (Å²) < 4.78 is 99.2. The Labute approximate surface area is 150 Å². The Morgan fingerprint density at radius 1 is 0.926 bits per heavy atom. The van der Waals surface area contributed by atoms with Gasteiger partial charge in [0.1, 0.15) is 11.6 Å². The second-order valence-electron chi connectivity index (χ2n) is 5.62. The monoisotopic (exact) mass is 395 g/mol. The molecular formula is C18H16F7NO. The van der Waals surface area contributed by atoms with E-state index in [1.807, 2.05) is 0 Å². The van der Waals surface area contributed by atoms with Crippen molar-refractivity contribution in [2.24, 2.45) is 5.73 Å². The minimum Gasteiger partial charge on any atom is -0.493 e. The van der Waals surface area contributed by atoms with Crippen LogP contribution in [0.4, 0.5) is 30.7 Å². The van der Waals surface area contributed by atoms with Gasteiger partial charge in [-0.25, -0.2) is 4.39 Å². The van der Waals surface area contributed by atoms with E-state index in [1.54, 1.807) is 0 Å². The molecule has 2 N–H and O–H groups in total. The molecule has 2 aromatic rings. The Morgan fingerprint density at radius 3 is 2.00 bits per heavy atom. The first-order chi connectivity index (χ1) is 12.6. The van der Waals surface area contributed by atoms with Crippen molar-refractivity contribution in [2.75, 3.05) is 13.7 Å². The second-order valence-corrected chi connectivity index (χ2v) is 5.62. The van der Waals surface area contributed by atoms with Crippen LogP contribution in [0.5, 0.6) is 5.75 Å². The van der Waals surface area contributed by atoms with Crippen LogP contribution in [0.2, 0.25) is 0 Å². The predicted octanol–water partition coefficient (Wildman–Crippen LogP) is 5.43. The first-order valence-electron chi connectivity index (χ1n) is 7.90. The van der Waals surface area contributed by atoms with Crippen LogP contribution >= 0.6 is 0 Å². The first-order valence-corrected chi connectivity index (χ1v) is 7.90. The Kier molecular flexibility index (Phi) is 6.04. The van der Waals surface area contributed by atoms with E-state index >= 15 is 0 Å². The summed E-state index contributed by atoms with van der Waals surface area (Å²) in [7, 11) is 1.50. The molecule has 0 fully saturated rings. The number of hydrogen-bond acceptors (Lipinski definition) is 2. The third-order valence-electron chi connectivity index (χ3n) is 3.91. The molecule has 2 aromatic carbocycles. The topological polar surface area (TPSA) is 35.2 Å². The molecule has 9 heteroatoms. The molecule has 0 bridgehead atoms. The van der Waals surface area contributed by atoms with Gasteiger partial charge in [0.05, 0.1) is 17.7 Å². The van der Waals surface area contributed by atoms with Crippen molar-refractivity contribution in [3.63, 3.8) is 0 Å². The lowest BCUT2D eigenvalue weighted by atomic mass is 9.90. The van der Waals surface area contributed by atoms with Crippen LogP contribution in [-0.4, -0.2) is 13.7 Å². The Hall–Kier alpha value is -2.29. The van der Waals surface area contributed by atoms with Crippen molar-refractivity contribution in [3.05, 3.63) is 52.8 Å².